The molecule has 0 spiro atoms. The van der Waals surface area contributed by atoms with E-state index in [-0.39, 0.29) is 4.90 Å². The second-order valence-corrected chi connectivity index (χ2v) is 8.32. The number of hydrogen-bond donors (Lipinski definition) is 1. The summed E-state index contributed by atoms with van der Waals surface area (Å²) in [6, 6.07) is 13.7. The molecule has 5 nitrogen and oxygen atoms in total. The van der Waals surface area contributed by atoms with Crippen LogP contribution >= 0.6 is 0 Å². The van der Waals surface area contributed by atoms with Crippen molar-refractivity contribution in [2.75, 3.05) is 13.6 Å². The van der Waals surface area contributed by atoms with Gasteiger partial charge in [-0.25, -0.2) is 13.1 Å². The summed E-state index contributed by atoms with van der Waals surface area (Å²) in [7, 11) is -2.10. The van der Waals surface area contributed by atoms with Crippen molar-refractivity contribution in [3.8, 4) is 0 Å². The molecule has 1 N–H and O–H groups in total. The summed E-state index contributed by atoms with van der Waals surface area (Å²) < 4.78 is 27.7. The van der Waals surface area contributed by atoms with E-state index in [0.717, 1.165) is 30.4 Å². The van der Waals surface area contributed by atoms with Crippen molar-refractivity contribution in [2.45, 2.75) is 37.1 Å². The van der Waals surface area contributed by atoms with E-state index < -0.39 is 22.0 Å². The third-order valence-electron chi connectivity index (χ3n) is 4.92. The largest absolute Gasteiger partial charge is 0.292 e. The maximum absolute atomic E-state index is 12.8. The van der Waals surface area contributed by atoms with Crippen LogP contribution in [-0.4, -0.2) is 32.8 Å². The molecule has 0 aliphatic heterocycles. The van der Waals surface area contributed by atoms with Gasteiger partial charge in [0.15, 0.2) is 0 Å². The zero-order valence-electron chi connectivity index (χ0n) is 15.1. The highest BCUT2D eigenvalue weighted by molar-refractivity contribution is 7.90. The van der Waals surface area contributed by atoms with Gasteiger partial charge in [0.05, 0.1) is 4.90 Å². The number of carbonyl (C=O) groups excluding carboxylic acids is 1. The van der Waals surface area contributed by atoms with Crippen LogP contribution in [0.5, 0.6) is 0 Å². The van der Waals surface area contributed by atoms with Gasteiger partial charge >= 0.3 is 0 Å². The molecule has 1 atom stereocenters. The Kier molecular flexibility index (Phi) is 5.44. The molecule has 0 radical (unpaired) electrons. The van der Waals surface area contributed by atoms with Gasteiger partial charge in [-0.05, 0) is 61.7 Å². The van der Waals surface area contributed by atoms with E-state index in [4.69, 9.17) is 0 Å². The average Bonchev–Trinajstić information content (AvgIpc) is 3.10. The average molecular weight is 372 g/mol. The molecule has 138 valence electrons. The molecule has 0 fully saturated rings. The highest BCUT2D eigenvalue weighted by Gasteiger charge is 2.29. The molecule has 0 aromatic heterocycles. The van der Waals surface area contributed by atoms with Gasteiger partial charge in [0, 0.05) is 0 Å². The van der Waals surface area contributed by atoms with Gasteiger partial charge < -0.3 is 0 Å². The summed E-state index contributed by atoms with van der Waals surface area (Å²) in [6.07, 6.45) is 2.92. The van der Waals surface area contributed by atoms with Crippen LogP contribution in [-0.2, 0) is 27.7 Å². The third kappa shape index (κ3) is 3.81. The van der Waals surface area contributed by atoms with Crippen LogP contribution in [0.2, 0.25) is 0 Å². The van der Waals surface area contributed by atoms with Crippen molar-refractivity contribution in [2.24, 2.45) is 0 Å². The molecule has 0 heterocycles. The monoisotopic (exact) mass is 372 g/mol. The molecule has 0 saturated carbocycles. The smallest absolute Gasteiger partial charge is 0.264 e. The normalized spacial score (nSPS) is 14.9. The molecule has 1 aliphatic carbocycles. The number of nitrogens with zero attached hydrogens (tertiary/aromatic N) is 1. The van der Waals surface area contributed by atoms with Gasteiger partial charge in [-0.2, -0.15) is 0 Å². The Bertz CT molecular complexity index is 895. The highest BCUT2D eigenvalue weighted by atomic mass is 32.2. The standard InChI is InChI=1S/C20H24N2O3S/c1-3-22(2)19(16-8-5-4-6-9-16)20(23)21-26(24,25)18-13-12-15-10-7-11-17(15)14-18/h4-6,8-9,12-14,19H,3,7,10-11H2,1-2H3,(H,21,23)/t19-/m1/s1. The van der Waals surface area contributed by atoms with Crippen LogP contribution in [0.1, 0.15) is 36.1 Å². The number of nitrogens with one attached hydrogen (secondary N) is 1. The van der Waals surface area contributed by atoms with Crippen molar-refractivity contribution in [3.63, 3.8) is 0 Å². The fourth-order valence-corrected chi connectivity index (χ4v) is 4.43. The summed E-state index contributed by atoms with van der Waals surface area (Å²) in [5.41, 5.74) is 3.02. The number of fused-ring (bicyclic) bond motifs is 1. The maximum Gasteiger partial charge on any atom is 0.264 e. The second kappa shape index (κ2) is 7.60. The minimum Gasteiger partial charge on any atom is -0.292 e. The number of sulfonamides is 1. The topological polar surface area (TPSA) is 66.5 Å². The molecule has 0 saturated heterocycles. The SMILES string of the molecule is CCN(C)[C@@H](C(=O)NS(=O)(=O)c1ccc2c(c1)CCC2)c1ccccc1. The molecule has 26 heavy (non-hydrogen) atoms. The lowest BCUT2D eigenvalue weighted by molar-refractivity contribution is -0.124. The third-order valence-corrected chi connectivity index (χ3v) is 6.26. The van der Waals surface area contributed by atoms with Crippen LogP contribution in [0.15, 0.2) is 53.4 Å². The number of amides is 1. The number of benzene rings is 2. The first-order chi connectivity index (χ1) is 12.4. The van der Waals surface area contributed by atoms with E-state index in [1.165, 1.54) is 5.56 Å². The first-order valence-corrected chi connectivity index (χ1v) is 10.3. The number of carbonyl (C=O) groups is 1. The van der Waals surface area contributed by atoms with Crippen molar-refractivity contribution in [1.29, 1.82) is 0 Å². The minimum absolute atomic E-state index is 0.150. The van der Waals surface area contributed by atoms with Crippen LogP contribution in [0.3, 0.4) is 0 Å². The van der Waals surface area contributed by atoms with Crippen molar-refractivity contribution in [3.05, 3.63) is 65.2 Å². The number of likely N-dealkylation sites (N-methyl/N-ethyl adjacent to an activating group) is 1. The highest BCUT2D eigenvalue weighted by Crippen LogP contribution is 2.25. The van der Waals surface area contributed by atoms with E-state index in [2.05, 4.69) is 4.72 Å². The lowest BCUT2D eigenvalue weighted by Gasteiger charge is -2.26. The summed E-state index contributed by atoms with van der Waals surface area (Å²) in [5, 5.41) is 0. The van der Waals surface area contributed by atoms with Gasteiger partial charge in [-0.15, -0.1) is 0 Å². The molecular weight excluding hydrogens is 348 g/mol. The van der Waals surface area contributed by atoms with Gasteiger partial charge in [0.1, 0.15) is 6.04 Å². The number of aryl methyl sites for hydroxylation is 2. The zero-order chi connectivity index (χ0) is 18.7. The lowest BCUT2D eigenvalue weighted by atomic mass is 10.1. The quantitative estimate of drug-likeness (QED) is 0.847. The molecule has 6 heteroatoms. The fraction of sp³-hybridized carbons (Fsp3) is 0.350. The van der Waals surface area contributed by atoms with E-state index in [9.17, 15) is 13.2 Å². The van der Waals surface area contributed by atoms with Crippen LogP contribution in [0, 0.1) is 0 Å². The Morgan fingerprint density at radius 1 is 1.12 bits per heavy atom. The summed E-state index contributed by atoms with van der Waals surface area (Å²) in [5.74, 6) is -0.541. The molecule has 1 aliphatic rings. The Morgan fingerprint density at radius 3 is 2.50 bits per heavy atom. The number of rotatable bonds is 6. The van der Waals surface area contributed by atoms with E-state index in [1.54, 1.807) is 19.2 Å². The Morgan fingerprint density at radius 2 is 1.81 bits per heavy atom. The molecular formula is C20H24N2O3S. The van der Waals surface area contributed by atoms with Crippen molar-refractivity contribution < 1.29 is 13.2 Å². The minimum atomic E-state index is -3.90. The number of hydrogen-bond acceptors (Lipinski definition) is 4. The van der Waals surface area contributed by atoms with Crippen LogP contribution in [0.4, 0.5) is 0 Å². The van der Waals surface area contributed by atoms with Crippen molar-refractivity contribution >= 4 is 15.9 Å². The summed E-state index contributed by atoms with van der Waals surface area (Å²) >= 11 is 0. The van der Waals surface area contributed by atoms with Crippen LogP contribution in [0.25, 0.3) is 0 Å². The molecule has 0 unspecified atom stereocenters. The fourth-order valence-electron chi connectivity index (χ4n) is 3.39. The predicted octanol–water partition coefficient (Wildman–Crippen LogP) is 2.67. The summed E-state index contributed by atoms with van der Waals surface area (Å²) in [6.45, 7) is 2.55. The maximum atomic E-state index is 12.8. The van der Waals surface area contributed by atoms with Gasteiger partial charge in [-0.3, -0.25) is 9.69 Å². The van der Waals surface area contributed by atoms with Gasteiger partial charge in [0.25, 0.3) is 15.9 Å². The van der Waals surface area contributed by atoms with E-state index in [0.29, 0.717) is 6.54 Å². The van der Waals surface area contributed by atoms with Crippen LogP contribution < -0.4 is 4.72 Å². The Balaban J connectivity index is 1.86. The molecule has 2 aromatic carbocycles. The molecule has 3 rings (SSSR count). The first-order valence-electron chi connectivity index (χ1n) is 8.86. The molecule has 0 bridgehead atoms. The van der Waals surface area contributed by atoms with E-state index in [1.807, 2.05) is 48.2 Å². The summed E-state index contributed by atoms with van der Waals surface area (Å²) in [4.78, 5) is 14.8. The van der Waals surface area contributed by atoms with E-state index >= 15 is 0 Å². The zero-order valence-corrected chi connectivity index (χ0v) is 15.9. The first kappa shape index (κ1) is 18.6. The lowest BCUT2D eigenvalue weighted by Crippen LogP contribution is -2.41. The van der Waals surface area contributed by atoms with Gasteiger partial charge in [-0.1, -0.05) is 43.3 Å². The van der Waals surface area contributed by atoms with Gasteiger partial charge in [0.2, 0.25) is 0 Å². The van der Waals surface area contributed by atoms with Crippen molar-refractivity contribution in [1.82, 2.24) is 9.62 Å². The Hall–Kier alpha value is -2.18. The second-order valence-electron chi connectivity index (χ2n) is 6.64. The Labute approximate surface area is 155 Å². The molecule has 2 aromatic rings. The predicted molar refractivity (Wildman–Crippen MR) is 101 cm³/mol. The molecule has 1 amide bonds.